The maximum Gasteiger partial charge on any atom is 0.408 e. The van der Waals surface area contributed by atoms with Crippen LogP contribution in [0.1, 0.15) is 52.7 Å². The highest BCUT2D eigenvalue weighted by Gasteiger charge is 2.24. The molecule has 0 spiro atoms. The van der Waals surface area contributed by atoms with Crippen molar-refractivity contribution in [1.29, 1.82) is 0 Å². The Morgan fingerprint density at radius 1 is 1.04 bits per heavy atom. The molecule has 7 nitrogen and oxygen atoms in total. The van der Waals surface area contributed by atoms with Crippen LogP contribution in [0.3, 0.4) is 0 Å². The number of carboxylic acid groups (broad SMARTS) is 1. The van der Waals surface area contributed by atoms with Crippen LogP contribution in [0.4, 0.5) is 4.79 Å². The van der Waals surface area contributed by atoms with Gasteiger partial charge in [-0.05, 0) is 58.7 Å². The van der Waals surface area contributed by atoms with Crippen molar-refractivity contribution in [1.82, 2.24) is 5.32 Å². The van der Waals surface area contributed by atoms with Crippen LogP contribution in [0, 0.1) is 0 Å². The van der Waals surface area contributed by atoms with E-state index in [1.54, 1.807) is 71.9 Å². The van der Waals surface area contributed by atoms with E-state index in [4.69, 9.17) is 9.47 Å². The predicted molar refractivity (Wildman–Crippen MR) is 106 cm³/mol. The van der Waals surface area contributed by atoms with Gasteiger partial charge in [0.1, 0.15) is 17.2 Å². The molecule has 0 aliphatic carbocycles. The number of ether oxygens (including phenoxy) is 2. The van der Waals surface area contributed by atoms with Crippen LogP contribution >= 0.6 is 0 Å². The Kier molecular flexibility index (Phi) is 7.78. The van der Waals surface area contributed by atoms with Crippen LogP contribution in [0.15, 0.2) is 30.3 Å². The molecule has 0 radical (unpaired) electrons. The number of carbonyl (C=O) groups is 3. The number of amides is 1. The number of alkyl carbamates (subject to hydrolysis) is 1. The molecule has 2 N–H and O–H groups in total. The summed E-state index contributed by atoms with van der Waals surface area (Å²) >= 11 is 0. The fraction of sp³-hybridized carbons (Fsp3) is 0.476. The number of nitrogens with one attached hydrogen (secondary N) is 1. The molecule has 1 amide bonds. The summed E-state index contributed by atoms with van der Waals surface area (Å²) in [5.74, 6) is -1.68. The van der Waals surface area contributed by atoms with Crippen LogP contribution < -0.4 is 5.32 Å². The first-order valence-corrected chi connectivity index (χ1v) is 8.98. The van der Waals surface area contributed by atoms with Crippen molar-refractivity contribution in [3.8, 4) is 0 Å². The molecule has 0 aromatic heterocycles. The van der Waals surface area contributed by atoms with Crippen molar-refractivity contribution in [3.05, 3.63) is 41.5 Å². The average Bonchev–Trinajstić information content (AvgIpc) is 2.49. The first-order valence-electron chi connectivity index (χ1n) is 8.98. The van der Waals surface area contributed by atoms with Crippen LogP contribution in [0.5, 0.6) is 0 Å². The fourth-order valence-corrected chi connectivity index (χ4v) is 2.25. The van der Waals surface area contributed by atoms with Gasteiger partial charge in [0.05, 0.1) is 0 Å². The summed E-state index contributed by atoms with van der Waals surface area (Å²) in [7, 11) is 0. The van der Waals surface area contributed by atoms with E-state index in [-0.39, 0.29) is 6.42 Å². The zero-order chi connectivity index (χ0) is 21.5. The monoisotopic (exact) mass is 391 g/mol. The lowest BCUT2D eigenvalue weighted by atomic mass is 10.00. The summed E-state index contributed by atoms with van der Waals surface area (Å²) in [6.07, 6.45) is 2.09. The summed E-state index contributed by atoms with van der Waals surface area (Å²) in [4.78, 5) is 35.4. The molecule has 1 atom stereocenters. The zero-order valence-electron chi connectivity index (χ0n) is 17.2. The van der Waals surface area contributed by atoms with Crippen molar-refractivity contribution in [2.75, 3.05) is 0 Å². The van der Waals surface area contributed by atoms with Gasteiger partial charge in [-0.1, -0.05) is 24.3 Å². The minimum absolute atomic E-state index is 0.0312. The van der Waals surface area contributed by atoms with Gasteiger partial charge in [0.25, 0.3) is 0 Å². The third-order valence-electron chi connectivity index (χ3n) is 3.27. The van der Waals surface area contributed by atoms with Gasteiger partial charge in [-0.15, -0.1) is 0 Å². The number of esters is 1. The van der Waals surface area contributed by atoms with Crippen molar-refractivity contribution in [2.45, 2.75) is 65.2 Å². The van der Waals surface area contributed by atoms with E-state index in [0.29, 0.717) is 11.1 Å². The highest BCUT2D eigenvalue weighted by molar-refractivity contribution is 5.87. The Bertz CT molecular complexity index is 740. The molecule has 0 saturated heterocycles. The van der Waals surface area contributed by atoms with Crippen LogP contribution in [0.25, 0.3) is 6.08 Å². The Hall–Kier alpha value is -2.83. The molecule has 28 heavy (non-hydrogen) atoms. The van der Waals surface area contributed by atoms with Crippen molar-refractivity contribution in [2.24, 2.45) is 0 Å². The smallest absolute Gasteiger partial charge is 0.408 e. The van der Waals surface area contributed by atoms with Gasteiger partial charge in [-0.25, -0.2) is 14.4 Å². The summed E-state index contributed by atoms with van der Waals surface area (Å²) in [6.45, 7) is 10.4. The SMILES string of the molecule is CC(C)(C)OC(=O)/C=C/c1ccccc1C[C@@H](NC(=O)OC(C)(C)C)C(=O)O. The van der Waals surface area contributed by atoms with Gasteiger partial charge >= 0.3 is 18.0 Å². The normalized spacial score (nSPS) is 13.1. The number of benzene rings is 1. The first-order chi connectivity index (χ1) is 12.8. The highest BCUT2D eigenvalue weighted by atomic mass is 16.6. The second-order valence-electron chi connectivity index (χ2n) is 8.31. The molecule has 1 rings (SSSR count). The van der Waals surface area contributed by atoms with Gasteiger partial charge in [0, 0.05) is 12.5 Å². The number of hydrogen-bond acceptors (Lipinski definition) is 5. The number of carbonyl (C=O) groups excluding carboxylic acids is 2. The molecule has 0 unspecified atom stereocenters. The van der Waals surface area contributed by atoms with Crippen molar-refractivity contribution in [3.63, 3.8) is 0 Å². The zero-order valence-corrected chi connectivity index (χ0v) is 17.2. The number of aliphatic carboxylic acids is 1. The van der Waals surface area contributed by atoms with E-state index in [0.717, 1.165) is 0 Å². The van der Waals surface area contributed by atoms with Crippen molar-refractivity contribution >= 4 is 24.1 Å². The lowest BCUT2D eigenvalue weighted by molar-refractivity contribution is -0.148. The second-order valence-corrected chi connectivity index (χ2v) is 8.31. The third-order valence-corrected chi connectivity index (χ3v) is 3.27. The van der Waals surface area contributed by atoms with Gasteiger partial charge in [-0.3, -0.25) is 0 Å². The second kappa shape index (κ2) is 9.39. The van der Waals surface area contributed by atoms with Crippen LogP contribution in [-0.2, 0) is 25.5 Å². The minimum atomic E-state index is -1.18. The summed E-state index contributed by atoms with van der Waals surface area (Å²) < 4.78 is 10.3. The molecule has 0 bridgehead atoms. The lowest BCUT2D eigenvalue weighted by Gasteiger charge is -2.22. The van der Waals surface area contributed by atoms with Gasteiger partial charge in [-0.2, -0.15) is 0 Å². The quantitative estimate of drug-likeness (QED) is 0.568. The van der Waals surface area contributed by atoms with E-state index in [2.05, 4.69) is 5.32 Å². The predicted octanol–water partition coefficient (Wildman–Crippen LogP) is 3.56. The third kappa shape index (κ3) is 9.21. The van der Waals surface area contributed by atoms with Crippen LogP contribution in [-0.4, -0.2) is 40.4 Å². The Morgan fingerprint density at radius 2 is 1.61 bits per heavy atom. The minimum Gasteiger partial charge on any atom is -0.480 e. The Labute approximate surface area is 165 Å². The summed E-state index contributed by atoms with van der Waals surface area (Å²) in [5.41, 5.74) is -0.0233. The van der Waals surface area contributed by atoms with Crippen LogP contribution in [0.2, 0.25) is 0 Å². The molecule has 0 aliphatic heterocycles. The van der Waals surface area contributed by atoms with E-state index < -0.39 is 35.3 Å². The molecule has 1 aromatic carbocycles. The van der Waals surface area contributed by atoms with Crippen molar-refractivity contribution < 1.29 is 29.0 Å². The van der Waals surface area contributed by atoms with E-state index >= 15 is 0 Å². The Morgan fingerprint density at radius 3 is 2.14 bits per heavy atom. The van der Waals surface area contributed by atoms with Gasteiger partial charge < -0.3 is 19.9 Å². The molecule has 1 aromatic rings. The molecular formula is C21H29NO6. The molecule has 0 heterocycles. The maximum absolute atomic E-state index is 11.9. The maximum atomic E-state index is 11.9. The molecular weight excluding hydrogens is 362 g/mol. The van der Waals surface area contributed by atoms with Gasteiger partial charge in [0.2, 0.25) is 0 Å². The Balaban J connectivity index is 2.93. The largest absolute Gasteiger partial charge is 0.480 e. The lowest BCUT2D eigenvalue weighted by Crippen LogP contribution is -2.44. The molecule has 154 valence electrons. The first kappa shape index (κ1) is 23.2. The molecule has 0 fully saturated rings. The summed E-state index contributed by atoms with van der Waals surface area (Å²) in [5, 5.41) is 11.8. The van der Waals surface area contributed by atoms with E-state index in [1.807, 2.05) is 0 Å². The topological polar surface area (TPSA) is 102 Å². The van der Waals surface area contributed by atoms with E-state index in [9.17, 15) is 19.5 Å². The molecule has 7 heteroatoms. The standard InChI is InChI=1S/C21H29NO6/c1-20(2,3)27-17(23)12-11-14-9-7-8-10-15(14)13-16(18(24)25)22-19(26)28-21(4,5)6/h7-12,16H,13H2,1-6H3,(H,22,26)(H,24,25)/b12-11+/t16-/m1/s1. The number of hydrogen-bond donors (Lipinski definition) is 2. The number of rotatable bonds is 6. The van der Waals surface area contributed by atoms with E-state index in [1.165, 1.54) is 6.08 Å². The summed E-state index contributed by atoms with van der Waals surface area (Å²) in [6, 6.07) is 5.84. The van der Waals surface area contributed by atoms with Gasteiger partial charge in [0.15, 0.2) is 0 Å². The molecule has 0 saturated carbocycles. The average molecular weight is 391 g/mol. The molecule has 0 aliphatic rings. The fourth-order valence-electron chi connectivity index (χ4n) is 2.25. The number of carboxylic acids is 1. The highest BCUT2D eigenvalue weighted by Crippen LogP contribution is 2.15.